The third kappa shape index (κ3) is 5.09. The van der Waals surface area contributed by atoms with Crippen LogP contribution in [-0.2, 0) is 0 Å². The van der Waals surface area contributed by atoms with Crippen LogP contribution in [0.25, 0.3) is 0 Å². The predicted molar refractivity (Wildman–Crippen MR) is 85.7 cm³/mol. The van der Waals surface area contributed by atoms with E-state index in [1.807, 2.05) is 0 Å². The summed E-state index contributed by atoms with van der Waals surface area (Å²) in [6.45, 7) is -0.253. The van der Waals surface area contributed by atoms with E-state index in [2.05, 4.69) is 15.9 Å². The summed E-state index contributed by atoms with van der Waals surface area (Å²) in [4.78, 5) is 12.3. The fourth-order valence-corrected chi connectivity index (χ4v) is 3.37. The van der Waals surface area contributed by atoms with Gasteiger partial charge in [0.25, 0.3) is 5.69 Å². The summed E-state index contributed by atoms with van der Waals surface area (Å²) in [6.07, 6.45) is -0.773. The van der Waals surface area contributed by atoms with Crippen molar-refractivity contribution in [1.82, 2.24) is 0 Å². The van der Waals surface area contributed by atoms with Crippen LogP contribution in [-0.4, -0.2) is 23.7 Å². The molecule has 23 heavy (non-hydrogen) atoms. The molecule has 8 heteroatoms. The normalized spacial score (nSPS) is 16.3. The number of halogens is 4. The fourth-order valence-electron chi connectivity index (χ4n) is 3.03. The Balaban J connectivity index is 2.34. The molecule has 0 atom stereocenters. The van der Waals surface area contributed by atoms with Crippen molar-refractivity contribution >= 4 is 27.3 Å². The number of anilines is 1. The predicted octanol–water partition coefficient (Wildman–Crippen LogP) is 5.45. The Morgan fingerprint density at radius 2 is 1.91 bits per heavy atom. The van der Waals surface area contributed by atoms with E-state index in [0.29, 0.717) is 4.47 Å². The maximum atomic E-state index is 12.7. The van der Waals surface area contributed by atoms with Gasteiger partial charge in [-0.1, -0.05) is 35.2 Å². The highest BCUT2D eigenvalue weighted by atomic mass is 79.9. The van der Waals surface area contributed by atoms with Crippen molar-refractivity contribution in [2.75, 3.05) is 11.4 Å². The lowest BCUT2D eigenvalue weighted by molar-refractivity contribution is -0.384. The number of nitro benzene ring substituents is 1. The van der Waals surface area contributed by atoms with E-state index in [1.165, 1.54) is 12.1 Å². The van der Waals surface area contributed by atoms with Crippen LogP contribution in [0.5, 0.6) is 0 Å². The van der Waals surface area contributed by atoms with Crippen LogP contribution in [0.2, 0.25) is 0 Å². The molecule has 1 saturated carbocycles. The third-order valence-corrected chi connectivity index (χ3v) is 4.59. The van der Waals surface area contributed by atoms with Gasteiger partial charge in [-0.3, -0.25) is 10.1 Å². The van der Waals surface area contributed by atoms with Crippen LogP contribution in [0.4, 0.5) is 24.5 Å². The summed E-state index contributed by atoms with van der Waals surface area (Å²) in [5, 5.41) is 11.3. The van der Waals surface area contributed by atoms with Crippen LogP contribution in [0.15, 0.2) is 22.7 Å². The molecule has 0 amide bonds. The second kappa shape index (κ2) is 7.51. The lowest BCUT2D eigenvalue weighted by Crippen LogP contribution is -2.39. The average molecular weight is 395 g/mol. The quantitative estimate of drug-likeness (QED) is 0.492. The first-order chi connectivity index (χ1) is 10.8. The molecule has 0 aliphatic heterocycles. The van der Waals surface area contributed by atoms with Gasteiger partial charge >= 0.3 is 6.18 Å². The van der Waals surface area contributed by atoms with Crippen LogP contribution >= 0.6 is 15.9 Å². The smallest absolute Gasteiger partial charge is 0.363 e. The molecule has 0 saturated heterocycles. The average Bonchev–Trinajstić information content (AvgIpc) is 2.48. The summed E-state index contributed by atoms with van der Waals surface area (Å²) >= 11 is 3.18. The van der Waals surface area contributed by atoms with Gasteiger partial charge in [-0.15, -0.1) is 0 Å². The van der Waals surface area contributed by atoms with Gasteiger partial charge in [0.2, 0.25) is 0 Å². The Morgan fingerprint density at radius 3 is 2.48 bits per heavy atom. The van der Waals surface area contributed by atoms with Crippen LogP contribution in [0.3, 0.4) is 0 Å². The summed E-state index contributed by atoms with van der Waals surface area (Å²) < 4.78 is 38.5. The molecule has 0 spiro atoms. The minimum Gasteiger partial charge on any atom is -0.363 e. The Labute approximate surface area is 140 Å². The molecule has 0 heterocycles. The second-order valence-electron chi connectivity index (χ2n) is 5.74. The molecule has 0 aromatic heterocycles. The minimum absolute atomic E-state index is 0.0778. The largest absolute Gasteiger partial charge is 0.390 e. The van der Waals surface area contributed by atoms with Crippen molar-refractivity contribution in [3.63, 3.8) is 0 Å². The molecule has 1 aromatic rings. The molecule has 0 unspecified atom stereocenters. The summed E-state index contributed by atoms with van der Waals surface area (Å²) in [6, 6.07) is 4.43. The Hall–Kier alpha value is -1.31. The summed E-state index contributed by atoms with van der Waals surface area (Å²) in [7, 11) is 0. The molecule has 1 aliphatic carbocycles. The van der Waals surface area contributed by atoms with E-state index < -0.39 is 17.5 Å². The lowest BCUT2D eigenvalue weighted by Gasteiger charge is -2.36. The van der Waals surface area contributed by atoms with Gasteiger partial charge in [0.1, 0.15) is 5.69 Å². The molecule has 128 valence electrons. The molecule has 4 nitrogen and oxygen atoms in total. The first-order valence-corrected chi connectivity index (χ1v) is 8.34. The van der Waals surface area contributed by atoms with Crippen LogP contribution in [0, 0.1) is 10.1 Å². The zero-order valence-corrected chi connectivity index (χ0v) is 14.1. The van der Waals surface area contributed by atoms with Gasteiger partial charge in [-0.25, -0.2) is 0 Å². The monoisotopic (exact) mass is 394 g/mol. The van der Waals surface area contributed by atoms with Gasteiger partial charge in [0, 0.05) is 23.1 Å². The van der Waals surface area contributed by atoms with Crippen molar-refractivity contribution in [2.45, 2.75) is 50.7 Å². The van der Waals surface area contributed by atoms with Crippen LogP contribution in [0.1, 0.15) is 38.5 Å². The van der Waals surface area contributed by atoms with Crippen molar-refractivity contribution in [1.29, 1.82) is 0 Å². The highest BCUT2D eigenvalue weighted by molar-refractivity contribution is 9.10. The highest BCUT2D eigenvalue weighted by Crippen LogP contribution is 2.36. The number of rotatable bonds is 5. The number of benzene rings is 1. The first-order valence-electron chi connectivity index (χ1n) is 7.55. The molecular formula is C15H18BrF3N2O2. The van der Waals surface area contributed by atoms with Gasteiger partial charge in [-0.05, 0) is 25.0 Å². The number of hydrogen-bond acceptors (Lipinski definition) is 3. The lowest BCUT2D eigenvalue weighted by atomic mass is 9.93. The highest BCUT2D eigenvalue weighted by Gasteiger charge is 2.32. The van der Waals surface area contributed by atoms with E-state index in [0.717, 1.165) is 32.1 Å². The molecule has 2 rings (SSSR count). The standard InChI is InChI=1S/C15H18BrF3N2O2/c16-11-6-7-13(14(10-11)21(22)23)20(9-8-15(17,18)19)12-4-2-1-3-5-12/h6-7,10,12H,1-5,8-9H2. The molecule has 1 aliphatic rings. The zero-order valence-electron chi connectivity index (χ0n) is 12.5. The second-order valence-corrected chi connectivity index (χ2v) is 6.66. The molecule has 0 radical (unpaired) electrons. The van der Waals surface area contributed by atoms with E-state index in [1.54, 1.807) is 11.0 Å². The van der Waals surface area contributed by atoms with Gasteiger partial charge in [0.05, 0.1) is 11.3 Å². The molecule has 0 bridgehead atoms. The van der Waals surface area contributed by atoms with Crippen LogP contribution < -0.4 is 4.90 Å². The molecule has 1 fully saturated rings. The summed E-state index contributed by atoms with van der Waals surface area (Å²) in [5.74, 6) is 0. The topological polar surface area (TPSA) is 46.4 Å². The van der Waals surface area contributed by atoms with Gasteiger partial charge in [0.15, 0.2) is 0 Å². The first kappa shape index (κ1) is 18.0. The SMILES string of the molecule is O=[N+]([O-])c1cc(Br)ccc1N(CCC(F)(F)F)C1CCCCC1. The van der Waals surface area contributed by atoms with E-state index >= 15 is 0 Å². The van der Waals surface area contributed by atoms with Gasteiger partial charge in [-0.2, -0.15) is 13.2 Å². The Morgan fingerprint density at radius 1 is 1.26 bits per heavy atom. The number of hydrogen-bond donors (Lipinski definition) is 0. The number of alkyl halides is 3. The third-order valence-electron chi connectivity index (χ3n) is 4.10. The zero-order chi connectivity index (χ0) is 17.0. The van der Waals surface area contributed by atoms with Crippen molar-refractivity contribution in [3.05, 3.63) is 32.8 Å². The number of nitrogens with zero attached hydrogens (tertiary/aromatic N) is 2. The number of nitro groups is 1. The van der Waals surface area contributed by atoms with E-state index in [-0.39, 0.29) is 24.0 Å². The van der Waals surface area contributed by atoms with E-state index in [9.17, 15) is 23.3 Å². The summed E-state index contributed by atoms with van der Waals surface area (Å²) in [5.41, 5.74) is 0.112. The Bertz CT molecular complexity index is 560. The van der Waals surface area contributed by atoms with Crippen molar-refractivity contribution in [3.8, 4) is 0 Å². The Kier molecular flexibility index (Phi) is 5.89. The molecular weight excluding hydrogens is 377 g/mol. The molecule has 0 N–H and O–H groups in total. The minimum atomic E-state index is -4.28. The maximum absolute atomic E-state index is 12.7. The van der Waals surface area contributed by atoms with E-state index in [4.69, 9.17) is 0 Å². The van der Waals surface area contributed by atoms with Gasteiger partial charge < -0.3 is 4.90 Å². The molecule has 1 aromatic carbocycles. The van der Waals surface area contributed by atoms with Crippen molar-refractivity contribution in [2.24, 2.45) is 0 Å². The fraction of sp³-hybridized carbons (Fsp3) is 0.600. The maximum Gasteiger partial charge on any atom is 0.390 e. The van der Waals surface area contributed by atoms with Crippen molar-refractivity contribution < 1.29 is 18.1 Å².